The molecule has 1 rings (SSSR count). The standard InChI is InChI=1S/C10H17N/c1-2-8-11-9-10-6-4-3-5-7-10/h3-6,10-11H,2,7-9H2,1H3. The first kappa shape index (κ1) is 8.54. The predicted octanol–water partition coefficient (Wildman–Crippen LogP) is 2.12. The highest BCUT2D eigenvalue weighted by molar-refractivity contribution is 5.11. The Kier molecular flexibility index (Phi) is 3.99. The Hall–Kier alpha value is -0.560. The molecule has 1 atom stereocenters. The van der Waals surface area contributed by atoms with Crippen molar-refractivity contribution in [2.24, 2.45) is 5.92 Å². The second-order valence-electron chi connectivity index (χ2n) is 3.01. The van der Waals surface area contributed by atoms with Crippen molar-refractivity contribution < 1.29 is 0 Å². The summed E-state index contributed by atoms with van der Waals surface area (Å²) in [5.74, 6) is 0.728. The topological polar surface area (TPSA) is 12.0 Å². The zero-order valence-corrected chi connectivity index (χ0v) is 7.22. The Morgan fingerprint density at radius 3 is 3.00 bits per heavy atom. The van der Waals surface area contributed by atoms with E-state index in [-0.39, 0.29) is 0 Å². The van der Waals surface area contributed by atoms with Gasteiger partial charge in [-0.05, 0) is 25.3 Å². The molecule has 1 nitrogen and oxygen atoms in total. The maximum Gasteiger partial charge on any atom is 0.00173 e. The van der Waals surface area contributed by atoms with Crippen molar-refractivity contribution in [1.82, 2.24) is 5.32 Å². The van der Waals surface area contributed by atoms with Crippen molar-refractivity contribution >= 4 is 0 Å². The van der Waals surface area contributed by atoms with Crippen molar-refractivity contribution in [3.05, 3.63) is 24.3 Å². The van der Waals surface area contributed by atoms with Gasteiger partial charge in [-0.25, -0.2) is 0 Å². The Morgan fingerprint density at radius 2 is 2.36 bits per heavy atom. The Bertz CT molecular complexity index is 147. The van der Waals surface area contributed by atoms with Crippen LogP contribution in [0.2, 0.25) is 0 Å². The molecule has 0 saturated carbocycles. The van der Waals surface area contributed by atoms with E-state index >= 15 is 0 Å². The summed E-state index contributed by atoms with van der Waals surface area (Å²) < 4.78 is 0. The predicted molar refractivity (Wildman–Crippen MR) is 49.5 cm³/mol. The average molecular weight is 151 g/mol. The van der Waals surface area contributed by atoms with Crippen LogP contribution in [-0.4, -0.2) is 13.1 Å². The van der Waals surface area contributed by atoms with Crippen LogP contribution < -0.4 is 5.32 Å². The van der Waals surface area contributed by atoms with Gasteiger partial charge in [-0.3, -0.25) is 0 Å². The highest BCUT2D eigenvalue weighted by Crippen LogP contribution is 2.09. The number of allylic oxidation sites excluding steroid dienone is 3. The fraction of sp³-hybridized carbons (Fsp3) is 0.600. The quantitative estimate of drug-likeness (QED) is 0.607. The summed E-state index contributed by atoms with van der Waals surface area (Å²) in [6.07, 6.45) is 11.2. The van der Waals surface area contributed by atoms with Crippen LogP contribution in [0, 0.1) is 5.92 Å². The van der Waals surface area contributed by atoms with Gasteiger partial charge in [-0.2, -0.15) is 0 Å². The molecule has 0 radical (unpaired) electrons. The third kappa shape index (κ3) is 3.38. The van der Waals surface area contributed by atoms with Gasteiger partial charge in [0.25, 0.3) is 0 Å². The minimum absolute atomic E-state index is 0.728. The largest absolute Gasteiger partial charge is 0.316 e. The van der Waals surface area contributed by atoms with Gasteiger partial charge in [0, 0.05) is 6.54 Å². The molecule has 0 aromatic carbocycles. The molecule has 11 heavy (non-hydrogen) atoms. The first-order chi connectivity index (χ1) is 5.43. The van der Waals surface area contributed by atoms with Crippen molar-refractivity contribution in [1.29, 1.82) is 0 Å². The summed E-state index contributed by atoms with van der Waals surface area (Å²) in [4.78, 5) is 0. The zero-order valence-electron chi connectivity index (χ0n) is 7.22. The first-order valence-corrected chi connectivity index (χ1v) is 4.47. The fourth-order valence-electron chi connectivity index (χ4n) is 1.25. The number of hydrogen-bond acceptors (Lipinski definition) is 1. The number of rotatable bonds is 4. The Balaban J connectivity index is 2.07. The van der Waals surface area contributed by atoms with Crippen LogP contribution in [0.15, 0.2) is 24.3 Å². The van der Waals surface area contributed by atoms with Gasteiger partial charge < -0.3 is 5.32 Å². The smallest absolute Gasteiger partial charge is 0.00173 e. The monoisotopic (exact) mass is 151 g/mol. The van der Waals surface area contributed by atoms with Crippen LogP contribution in [0.25, 0.3) is 0 Å². The summed E-state index contributed by atoms with van der Waals surface area (Å²) >= 11 is 0. The van der Waals surface area contributed by atoms with Crippen molar-refractivity contribution in [3.8, 4) is 0 Å². The normalized spacial score (nSPS) is 22.5. The van der Waals surface area contributed by atoms with E-state index < -0.39 is 0 Å². The SMILES string of the molecule is CCCNCC1C=CC=CC1. The maximum absolute atomic E-state index is 3.42. The van der Waals surface area contributed by atoms with E-state index in [9.17, 15) is 0 Å². The molecule has 1 unspecified atom stereocenters. The molecule has 0 heterocycles. The molecule has 1 aliphatic carbocycles. The van der Waals surface area contributed by atoms with Crippen molar-refractivity contribution in [3.63, 3.8) is 0 Å². The highest BCUT2D eigenvalue weighted by atomic mass is 14.8. The third-order valence-electron chi connectivity index (χ3n) is 1.90. The molecule has 0 aliphatic heterocycles. The summed E-state index contributed by atoms with van der Waals surface area (Å²) in [5, 5.41) is 3.42. The van der Waals surface area contributed by atoms with Gasteiger partial charge in [0.1, 0.15) is 0 Å². The molecule has 0 saturated heterocycles. The molecule has 0 aromatic heterocycles. The minimum Gasteiger partial charge on any atom is -0.316 e. The van der Waals surface area contributed by atoms with E-state index in [1.807, 2.05) is 0 Å². The lowest BCUT2D eigenvalue weighted by atomic mass is 10.0. The third-order valence-corrected chi connectivity index (χ3v) is 1.90. The van der Waals surface area contributed by atoms with Crippen molar-refractivity contribution in [2.75, 3.05) is 13.1 Å². The lowest BCUT2D eigenvalue weighted by Crippen LogP contribution is -2.22. The Morgan fingerprint density at radius 1 is 1.45 bits per heavy atom. The van der Waals surface area contributed by atoms with Crippen LogP contribution in [0.1, 0.15) is 19.8 Å². The molecule has 1 heteroatoms. The maximum atomic E-state index is 3.42. The fourth-order valence-corrected chi connectivity index (χ4v) is 1.25. The molecule has 1 N–H and O–H groups in total. The number of nitrogens with one attached hydrogen (secondary N) is 1. The van der Waals surface area contributed by atoms with E-state index in [1.54, 1.807) is 0 Å². The summed E-state index contributed by atoms with van der Waals surface area (Å²) in [5.41, 5.74) is 0. The summed E-state index contributed by atoms with van der Waals surface area (Å²) in [6, 6.07) is 0. The van der Waals surface area contributed by atoms with E-state index in [0.717, 1.165) is 19.0 Å². The zero-order chi connectivity index (χ0) is 7.94. The lowest BCUT2D eigenvalue weighted by molar-refractivity contribution is 0.557. The molecule has 0 bridgehead atoms. The van der Waals surface area contributed by atoms with Gasteiger partial charge in [0.05, 0.1) is 0 Å². The minimum atomic E-state index is 0.728. The van der Waals surface area contributed by atoms with Gasteiger partial charge in [-0.1, -0.05) is 31.2 Å². The van der Waals surface area contributed by atoms with E-state index in [0.29, 0.717) is 0 Å². The van der Waals surface area contributed by atoms with E-state index in [1.165, 1.54) is 12.8 Å². The highest BCUT2D eigenvalue weighted by Gasteiger charge is 2.02. The molecule has 0 amide bonds. The second-order valence-corrected chi connectivity index (χ2v) is 3.01. The molecular weight excluding hydrogens is 134 g/mol. The van der Waals surface area contributed by atoms with Crippen LogP contribution in [0.3, 0.4) is 0 Å². The van der Waals surface area contributed by atoms with Crippen molar-refractivity contribution in [2.45, 2.75) is 19.8 Å². The average Bonchev–Trinajstić information content (AvgIpc) is 2.07. The summed E-state index contributed by atoms with van der Waals surface area (Å²) in [7, 11) is 0. The lowest BCUT2D eigenvalue weighted by Gasteiger charge is -2.12. The van der Waals surface area contributed by atoms with Crippen LogP contribution in [-0.2, 0) is 0 Å². The van der Waals surface area contributed by atoms with E-state index in [4.69, 9.17) is 0 Å². The van der Waals surface area contributed by atoms with E-state index in [2.05, 4.69) is 36.5 Å². The van der Waals surface area contributed by atoms with Crippen LogP contribution >= 0.6 is 0 Å². The van der Waals surface area contributed by atoms with Gasteiger partial charge in [0.15, 0.2) is 0 Å². The molecule has 0 spiro atoms. The Labute approximate surface area is 69.2 Å². The van der Waals surface area contributed by atoms with Gasteiger partial charge >= 0.3 is 0 Å². The summed E-state index contributed by atoms with van der Waals surface area (Å²) in [6.45, 7) is 4.48. The molecular formula is C10H17N. The molecule has 0 fully saturated rings. The molecule has 1 aliphatic rings. The van der Waals surface area contributed by atoms with Crippen LogP contribution in [0.4, 0.5) is 0 Å². The number of hydrogen-bond donors (Lipinski definition) is 1. The van der Waals surface area contributed by atoms with Gasteiger partial charge in [-0.15, -0.1) is 0 Å². The molecule has 0 aromatic rings. The van der Waals surface area contributed by atoms with Gasteiger partial charge in [0.2, 0.25) is 0 Å². The second kappa shape index (κ2) is 5.14. The molecule has 62 valence electrons. The first-order valence-electron chi connectivity index (χ1n) is 4.47. The van der Waals surface area contributed by atoms with Crippen LogP contribution in [0.5, 0.6) is 0 Å².